The van der Waals surface area contributed by atoms with E-state index in [0.717, 1.165) is 22.9 Å². The molecule has 4 heterocycles. The number of fused-ring (bicyclic) bond motifs is 3. The van der Waals surface area contributed by atoms with E-state index < -0.39 is 12.7 Å². The summed E-state index contributed by atoms with van der Waals surface area (Å²) in [6, 6.07) is 5.53. The Bertz CT molecular complexity index is 1280. The van der Waals surface area contributed by atoms with E-state index in [1.165, 1.54) is 10.7 Å². The van der Waals surface area contributed by atoms with E-state index in [9.17, 15) is 13.2 Å². The van der Waals surface area contributed by atoms with Gasteiger partial charge in [0.2, 0.25) is 5.95 Å². The standard InChI is InChI=1S/C19H20F3N9O/c1-32-13-6-2-5-12-15(13)24-18(23)31-17(12)25-16(27-31)11-4-3-7-29(8-11)14-9-30(28-26-14)10-19(20,21)22/h2,5-6,9,11H,3-4,7-8,10H2,1H3,(H2,23,24)/t11-/m1/s1. The van der Waals surface area contributed by atoms with Gasteiger partial charge in [-0.05, 0) is 25.0 Å². The molecule has 0 spiro atoms. The largest absolute Gasteiger partial charge is 0.494 e. The maximum Gasteiger partial charge on any atom is 0.408 e. The molecule has 1 atom stereocenters. The maximum atomic E-state index is 12.6. The van der Waals surface area contributed by atoms with Crippen molar-refractivity contribution in [3.63, 3.8) is 0 Å². The van der Waals surface area contributed by atoms with Crippen LogP contribution in [-0.4, -0.2) is 61.0 Å². The number of hydrogen-bond donors (Lipinski definition) is 1. The number of methoxy groups -OCH3 is 1. The minimum atomic E-state index is -4.35. The lowest BCUT2D eigenvalue weighted by molar-refractivity contribution is -0.142. The van der Waals surface area contributed by atoms with Gasteiger partial charge in [-0.15, -0.1) is 10.2 Å². The highest BCUT2D eigenvalue weighted by molar-refractivity contribution is 5.95. The normalized spacial score (nSPS) is 17.4. The maximum absolute atomic E-state index is 12.6. The fourth-order valence-electron chi connectivity index (χ4n) is 4.07. The number of hydrogen-bond acceptors (Lipinski definition) is 8. The first-order valence-electron chi connectivity index (χ1n) is 10.0. The fraction of sp³-hybridized carbons (Fsp3) is 0.421. The van der Waals surface area contributed by atoms with Gasteiger partial charge in [-0.1, -0.05) is 11.3 Å². The van der Waals surface area contributed by atoms with Crippen LogP contribution in [0.1, 0.15) is 24.6 Å². The number of benzene rings is 1. The Balaban J connectivity index is 1.45. The third-order valence-corrected chi connectivity index (χ3v) is 5.51. The number of piperidine rings is 1. The molecule has 32 heavy (non-hydrogen) atoms. The van der Waals surface area contributed by atoms with Gasteiger partial charge in [0.1, 0.15) is 17.8 Å². The Labute approximate surface area is 179 Å². The highest BCUT2D eigenvalue weighted by atomic mass is 19.4. The van der Waals surface area contributed by atoms with E-state index in [4.69, 9.17) is 15.5 Å². The minimum Gasteiger partial charge on any atom is -0.494 e. The van der Waals surface area contributed by atoms with Crippen LogP contribution >= 0.6 is 0 Å². The highest BCUT2D eigenvalue weighted by Crippen LogP contribution is 2.31. The van der Waals surface area contributed by atoms with Crippen molar-refractivity contribution in [1.29, 1.82) is 0 Å². The SMILES string of the molecule is COc1cccc2c1nc(N)n1nc([C@@H]3CCCN(c4cn(CC(F)(F)F)nn4)C3)nc21. The summed E-state index contributed by atoms with van der Waals surface area (Å²) >= 11 is 0. The zero-order valence-electron chi connectivity index (χ0n) is 17.1. The molecule has 0 unspecified atom stereocenters. The lowest BCUT2D eigenvalue weighted by atomic mass is 9.97. The highest BCUT2D eigenvalue weighted by Gasteiger charge is 2.30. The number of rotatable bonds is 4. The van der Waals surface area contributed by atoms with Crippen molar-refractivity contribution in [2.24, 2.45) is 0 Å². The van der Waals surface area contributed by atoms with Crippen LogP contribution in [0.5, 0.6) is 5.75 Å². The molecule has 3 aromatic heterocycles. The van der Waals surface area contributed by atoms with Gasteiger partial charge >= 0.3 is 6.18 Å². The van der Waals surface area contributed by atoms with E-state index >= 15 is 0 Å². The van der Waals surface area contributed by atoms with E-state index in [1.54, 1.807) is 13.2 Å². The second-order valence-corrected chi connectivity index (χ2v) is 7.71. The summed E-state index contributed by atoms with van der Waals surface area (Å²) in [7, 11) is 1.56. The first kappa shape index (κ1) is 20.3. The number of anilines is 2. The lowest BCUT2D eigenvalue weighted by Crippen LogP contribution is -2.35. The van der Waals surface area contributed by atoms with Crippen LogP contribution in [0.4, 0.5) is 24.9 Å². The van der Waals surface area contributed by atoms with Crippen LogP contribution in [0.3, 0.4) is 0 Å². The van der Waals surface area contributed by atoms with Gasteiger partial charge in [-0.3, -0.25) is 0 Å². The first-order chi connectivity index (χ1) is 15.3. The van der Waals surface area contributed by atoms with Crippen molar-refractivity contribution < 1.29 is 17.9 Å². The predicted molar refractivity (Wildman–Crippen MR) is 110 cm³/mol. The third-order valence-electron chi connectivity index (χ3n) is 5.51. The summed E-state index contributed by atoms with van der Waals surface area (Å²) in [4.78, 5) is 11.1. The molecule has 1 saturated heterocycles. The number of alkyl halides is 3. The quantitative estimate of drug-likeness (QED) is 0.508. The molecular formula is C19H20F3N9O. The molecule has 1 fully saturated rings. The van der Waals surface area contributed by atoms with Gasteiger partial charge in [0.25, 0.3) is 0 Å². The zero-order valence-corrected chi connectivity index (χ0v) is 17.1. The van der Waals surface area contributed by atoms with Gasteiger partial charge in [-0.25, -0.2) is 14.6 Å². The van der Waals surface area contributed by atoms with Gasteiger partial charge in [-0.2, -0.15) is 17.7 Å². The molecule has 0 saturated carbocycles. The van der Waals surface area contributed by atoms with Crippen molar-refractivity contribution in [3.05, 3.63) is 30.2 Å². The average molecular weight is 447 g/mol. The minimum absolute atomic E-state index is 0.0449. The molecule has 168 valence electrons. The molecule has 1 aliphatic rings. The predicted octanol–water partition coefficient (Wildman–Crippen LogP) is 2.41. The summed E-state index contributed by atoms with van der Waals surface area (Å²) in [6.45, 7) is 0.00264. The number of ether oxygens (including phenoxy) is 1. The second-order valence-electron chi connectivity index (χ2n) is 7.71. The number of nitrogens with zero attached hydrogens (tertiary/aromatic N) is 8. The number of nitrogen functional groups attached to an aromatic ring is 1. The Hall–Kier alpha value is -3.64. The molecule has 13 heteroatoms. The van der Waals surface area contributed by atoms with Crippen LogP contribution in [0.2, 0.25) is 0 Å². The second kappa shape index (κ2) is 7.50. The summed E-state index contributed by atoms with van der Waals surface area (Å²) in [5.41, 5.74) is 7.31. The van der Waals surface area contributed by atoms with Crippen molar-refractivity contribution in [2.75, 3.05) is 30.8 Å². The first-order valence-corrected chi connectivity index (χ1v) is 10.0. The van der Waals surface area contributed by atoms with Crippen molar-refractivity contribution in [3.8, 4) is 5.75 Å². The summed E-state index contributed by atoms with van der Waals surface area (Å²) in [6.07, 6.45) is -1.39. The van der Waals surface area contributed by atoms with Crippen molar-refractivity contribution in [2.45, 2.75) is 31.5 Å². The Kier molecular flexibility index (Phi) is 4.75. The fourth-order valence-corrected chi connectivity index (χ4v) is 4.07. The van der Waals surface area contributed by atoms with Crippen LogP contribution < -0.4 is 15.4 Å². The molecular weight excluding hydrogens is 427 g/mol. The molecule has 0 radical (unpaired) electrons. The van der Waals surface area contributed by atoms with Gasteiger partial charge in [0.05, 0.1) is 13.3 Å². The zero-order chi connectivity index (χ0) is 22.5. The molecule has 10 nitrogen and oxygen atoms in total. The van der Waals surface area contributed by atoms with Gasteiger partial charge in [0.15, 0.2) is 17.3 Å². The Morgan fingerprint density at radius 2 is 2.09 bits per heavy atom. The number of halogens is 3. The Morgan fingerprint density at radius 1 is 1.25 bits per heavy atom. The van der Waals surface area contributed by atoms with Crippen LogP contribution in [0.25, 0.3) is 16.6 Å². The molecule has 2 N–H and O–H groups in total. The molecule has 4 aromatic rings. The van der Waals surface area contributed by atoms with Crippen LogP contribution in [-0.2, 0) is 6.54 Å². The molecule has 1 aliphatic heterocycles. The molecule has 5 rings (SSSR count). The van der Waals surface area contributed by atoms with Crippen LogP contribution in [0.15, 0.2) is 24.4 Å². The summed E-state index contributed by atoms with van der Waals surface area (Å²) in [5.74, 6) is 1.74. The summed E-state index contributed by atoms with van der Waals surface area (Å²) < 4.78 is 45.6. The summed E-state index contributed by atoms with van der Waals surface area (Å²) in [5, 5.41) is 12.9. The number of para-hydroxylation sites is 1. The van der Waals surface area contributed by atoms with E-state index in [-0.39, 0.29) is 11.9 Å². The number of nitrogens with two attached hydrogens (primary N) is 1. The smallest absolute Gasteiger partial charge is 0.408 e. The topological polar surface area (TPSA) is 112 Å². The molecule has 0 bridgehead atoms. The number of aromatic nitrogens is 7. The van der Waals surface area contributed by atoms with E-state index in [0.29, 0.717) is 41.6 Å². The average Bonchev–Trinajstić information content (AvgIpc) is 3.40. The molecule has 0 aliphatic carbocycles. The van der Waals surface area contributed by atoms with Gasteiger partial charge < -0.3 is 15.4 Å². The Morgan fingerprint density at radius 3 is 2.88 bits per heavy atom. The van der Waals surface area contributed by atoms with Crippen LogP contribution in [0, 0.1) is 0 Å². The lowest BCUT2D eigenvalue weighted by Gasteiger charge is -2.31. The molecule has 0 amide bonds. The molecule has 1 aromatic carbocycles. The third kappa shape index (κ3) is 3.63. The van der Waals surface area contributed by atoms with E-state index in [1.807, 2.05) is 17.0 Å². The van der Waals surface area contributed by atoms with Crippen molar-refractivity contribution in [1.82, 2.24) is 34.6 Å². The van der Waals surface area contributed by atoms with E-state index in [2.05, 4.69) is 20.4 Å². The monoisotopic (exact) mass is 447 g/mol. The van der Waals surface area contributed by atoms with Gasteiger partial charge in [0, 0.05) is 24.4 Å². The van der Waals surface area contributed by atoms with Crippen molar-refractivity contribution >= 4 is 28.3 Å².